The first-order chi connectivity index (χ1) is 8.67. The summed E-state index contributed by atoms with van der Waals surface area (Å²) in [6.07, 6.45) is 2.78. The summed E-state index contributed by atoms with van der Waals surface area (Å²) in [6, 6.07) is 2.99. The molecule has 5 nitrogen and oxygen atoms in total. The molecule has 0 spiro atoms. The summed E-state index contributed by atoms with van der Waals surface area (Å²) in [4.78, 5) is 23.1. The Morgan fingerprint density at radius 1 is 1.44 bits per heavy atom. The normalized spacial score (nSPS) is 11.9. The first kappa shape index (κ1) is 14.3. The van der Waals surface area contributed by atoms with Gasteiger partial charge in [0.2, 0.25) is 5.91 Å². The van der Waals surface area contributed by atoms with Gasteiger partial charge in [0, 0.05) is 6.42 Å². The number of ether oxygens (including phenoxy) is 1. The predicted octanol–water partition coefficient (Wildman–Crippen LogP) is 2.19. The van der Waals surface area contributed by atoms with Crippen LogP contribution in [0.15, 0.2) is 22.8 Å². The van der Waals surface area contributed by atoms with Gasteiger partial charge in [-0.2, -0.15) is 0 Å². The molecule has 1 aromatic rings. The summed E-state index contributed by atoms with van der Waals surface area (Å²) in [7, 11) is 0. The molecule has 0 aromatic carbocycles. The summed E-state index contributed by atoms with van der Waals surface area (Å²) < 4.78 is 10.1. The van der Waals surface area contributed by atoms with E-state index in [0.717, 1.165) is 6.42 Å². The predicted molar refractivity (Wildman–Crippen MR) is 65.7 cm³/mol. The third-order valence-electron chi connectivity index (χ3n) is 2.38. The number of amides is 1. The summed E-state index contributed by atoms with van der Waals surface area (Å²) >= 11 is 0. The molecule has 0 fully saturated rings. The van der Waals surface area contributed by atoms with Gasteiger partial charge in [0.05, 0.1) is 25.3 Å². The van der Waals surface area contributed by atoms with E-state index < -0.39 is 6.04 Å². The fourth-order valence-corrected chi connectivity index (χ4v) is 1.59. The highest BCUT2D eigenvalue weighted by Gasteiger charge is 2.21. The number of carbonyl (C=O) groups is 2. The number of esters is 1. The fourth-order valence-electron chi connectivity index (χ4n) is 1.59. The summed E-state index contributed by atoms with van der Waals surface area (Å²) in [6.45, 7) is 3.99. The largest absolute Gasteiger partial charge is 0.467 e. The Bertz CT molecular complexity index is 352. The van der Waals surface area contributed by atoms with Crippen molar-refractivity contribution in [3.05, 3.63) is 24.2 Å². The van der Waals surface area contributed by atoms with Crippen LogP contribution in [0.1, 0.15) is 44.9 Å². The van der Waals surface area contributed by atoms with Crippen LogP contribution in [0.2, 0.25) is 0 Å². The highest BCUT2D eigenvalue weighted by molar-refractivity contribution is 5.77. The first-order valence-corrected chi connectivity index (χ1v) is 6.15. The molecule has 0 aliphatic rings. The van der Waals surface area contributed by atoms with Crippen LogP contribution in [0.25, 0.3) is 0 Å². The van der Waals surface area contributed by atoms with E-state index in [1.165, 1.54) is 6.26 Å². The van der Waals surface area contributed by atoms with E-state index in [1.807, 2.05) is 6.92 Å². The lowest BCUT2D eigenvalue weighted by molar-refractivity contribution is -0.144. The molecule has 0 aliphatic carbocycles. The third-order valence-corrected chi connectivity index (χ3v) is 2.38. The molecule has 0 aliphatic heterocycles. The zero-order valence-corrected chi connectivity index (χ0v) is 10.8. The molecule has 0 radical (unpaired) electrons. The highest BCUT2D eigenvalue weighted by atomic mass is 16.5. The molecule has 5 heteroatoms. The lowest BCUT2D eigenvalue weighted by atomic mass is 10.1. The zero-order valence-electron chi connectivity index (χ0n) is 10.8. The molecule has 1 heterocycles. The lowest BCUT2D eigenvalue weighted by Gasteiger charge is -2.15. The Morgan fingerprint density at radius 3 is 2.78 bits per heavy atom. The van der Waals surface area contributed by atoms with Crippen molar-refractivity contribution in [2.45, 2.75) is 39.2 Å². The number of hydrogen-bond donors (Lipinski definition) is 1. The quantitative estimate of drug-likeness (QED) is 0.756. The van der Waals surface area contributed by atoms with Crippen LogP contribution >= 0.6 is 0 Å². The first-order valence-electron chi connectivity index (χ1n) is 6.15. The van der Waals surface area contributed by atoms with Crippen molar-refractivity contribution in [2.24, 2.45) is 0 Å². The molecule has 0 bridgehead atoms. The number of nitrogens with one attached hydrogen (secondary N) is 1. The zero-order chi connectivity index (χ0) is 13.4. The van der Waals surface area contributed by atoms with E-state index in [0.29, 0.717) is 18.8 Å². The van der Waals surface area contributed by atoms with Crippen LogP contribution in [0.5, 0.6) is 0 Å². The van der Waals surface area contributed by atoms with Gasteiger partial charge in [-0.3, -0.25) is 9.59 Å². The van der Waals surface area contributed by atoms with Crippen LogP contribution in [0.3, 0.4) is 0 Å². The summed E-state index contributed by atoms with van der Waals surface area (Å²) in [5.74, 6) is 0.117. The fraction of sp³-hybridized carbons (Fsp3) is 0.538. The maximum absolute atomic E-state index is 11.6. The average Bonchev–Trinajstić information content (AvgIpc) is 2.82. The Kier molecular flexibility index (Phi) is 5.97. The maximum atomic E-state index is 11.6. The van der Waals surface area contributed by atoms with E-state index in [4.69, 9.17) is 9.15 Å². The second kappa shape index (κ2) is 7.53. The van der Waals surface area contributed by atoms with Crippen molar-refractivity contribution in [1.82, 2.24) is 5.32 Å². The van der Waals surface area contributed by atoms with E-state index in [9.17, 15) is 9.59 Å². The van der Waals surface area contributed by atoms with Crippen molar-refractivity contribution in [1.29, 1.82) is 0 Å². The Hall–Kier alpha value is -1.78. The van der Waals surface area contributed by atoms with E-state index in [-0.39, 0.29) is 18.3 Å². The molecular weight excluding hydrogens is 234 g/mol. The molecule has 0 saturated heterocycles. The van der Waals surface area contributed by atoms with Crippen LogP contribution in [-0.4, -0.2) is 18.5 Å². The van der Waals surface area contributed by atoms with Crippen molar-refractivity contribution >= 4 is 11.9 Å². The van der Waals surface area contributed by atoms with Gasteiger partial charge in [0.1, 0.15) is 5.76 Å². The van der Waals surface area contributed by atoms with Gasteiger partial charge in [0.15, 0.2) is 0 Å². The van der Waals surface area contributed by atoms with Gasteiger partial charge in [-0.05, 0) is 25.5 Å². The van der Waals surface area contributed by atoms with E-state index in [2.05, 4.69) is 5.32 Å². The van der Waals surface area contributed by atoms with Crippen molar-refractivity contribution in [2.75, 3.05) is 6.61 Å². The van der Waals surface area contributed by atoms with Gasteiger partial charge in [-0.15, -0.1) is 0 Å². The smallest absolute Gasteiger partial charge is 0.308 e. The van der Waals surface area contributed by atoms with Crippen LogP contribution in [0, 0.1) is 0 Å². The van der Waals surface area contributed by atoms with E-state index >= 15 is 0 Å². The molecule has 1 atom stereocenters. The van der Waals surface area contributed by atoms with Gasteiger partial charge < -0.3 is 14.5 Å². The summed E-state index contributed by atoms with van der Waals surface area (Å²) in [5, 5.41) is 2.78. The minimum atomic E-state index is -0.460. The second-order valence-corrected chi connectivity index (χ2v) is 3.89. The Labute approximate surface area is 106 Å². The number of furan rings is 1. The Balaban J connectivity index is 2.64. The topological polar surface area (TPSA) is 68.5 Å². The standard InChI is InChI=1S/C13H19NO4/c1-3-6-12(15)14-10(9-13(16)17-4-2)11-7-5-8-18-11/h5,7-8,10H,3-4,6,9H2,1-2H3,(H,14,15)/t10-/m0/s1. The molecule has 1 amide bonds. The average molecular weight is 253 g/mol. The molecule has 0 saturated carbocycles. The van der Waals surface area contributed by atoms with Gasteiger partial charge in [-0.25, -0.2) is 0 Å². The minimum absolute atomic E-state index is 0.0802. The van der Waals surface area contributed by atoms with Gasteiger partial charge >= 0.3 is 5.97 Å². The molecular formula is C13H19NO4. The summed E-state index contributed by atoms with van der Waals surface area (Å²) in [5.41, 5.74) is 0. The van der Waals surface area contributed by atoms with E-state index in [1.54, 1.807) is 19.1 Å². The SMILES string of the molecule is CCCC(=O)N[C@@H](CC(=O)OCC)c1ccco1. The van der Waals surface area contributed by atoms with Crippen molar-refractivity contribution in [3.8, 4) is 0 Å². The number of hydrogen-bond acceptors (Lipinski definition) is 4. The van der Waals surface area contributed by atoms with Crippen LogP contribution in [-0.2, 0) is 14.3 Å². The van der Waals surface area contributed by atoms with Crippen molar-refractivity contribution in [3.63, 3.8) is 0 Å². The molecule has 1 rings (SSSR count). The lowest BCUT2D eigenvalue weighted by Crippen LogP contribution is -2.30. The van der Waals surface area contributed by atoms with Gasteiger partial charge in [-0.1, -0.05) is 6.92 Å². The molecule has 18 heavy (non-hydrogen) atoms. The second-order valence-electron chi connectivity index (χ2n) is 3.89. The molecule has 1 N–H and O–H groups in total. The van der Waals surface area contributed by atoms with Crippen molar-refractivity contribution < 1.29 is 18.7 Å². The Morgan fingerprint density at radius 2 is 2.22 bits per heavy atom. The maximum Gasteiger partial charge on any atom is 0.308 e. The number of carbonyl (C=O) groups excluding carboxylic acids is 2. The molecule has 0 unspecified atom stereocenters. The van der Waals surface area contributed by atoms with Crippen LogP contribution < -0.4 is 5.32 Å². The van der Waals surface area contributed by atoms with Gasteiger partial charge in [0.25, 0.3) is 0 Å². The third kappa shape index (κ3) is 4.61. The minimum Gasteiger partial charge on any atom is -0.467 e. The monoisotopic (exact) mass is 253 g/mol. The number of rotatable bonds is 7. The highest BCUT2D eigenvalue weighted by Crippen LogP contribution is 2.18. The van der Waals surface area contributed by atoms with Crippen LogP contribution in [0.4, 0.5) is 0 Å². The molecule has 1 aromatic heterocycles. The molecule has 100 valence electrons.